The first kappa shape index (κ1) is 21.8. The van der Waals surface area contributed by atoms with Gasteiger partial charge in [0.1, 0.15) is 0 Å². The number of nitrogens with one attached hydrogen (secondary N) is 1. The van der Waals surface area contributed by atoms with Gasteiger partial charge in [-0.3, -0.25) is 4.79 Å². The minimum Gasteiger partial charge on any atom is -0.372 e. The summed E-state index contributed by atoms with van der Waals surface area (Å²) in [7, 11) is -3.58. The molecule has 2 aromatic rings. The molecule has 0 spiro atoms. The molecule has 4 rings (SSSR count). The molecule has 0 atom stereocenters. The van der Waals surface area contributed by atoms with Crippen molar-refractivity contribution in [2.24, 2.45) is 5.92 Å². The van der Waals surface area contributed by atoms with Gasteiger partial charge in [0.05, 0.1) is 4.90 Å². The molecule has 0 radical (unpaired) electrons. The third-order valence-corrected chi connectivity index (χ3v) is 8.22. The molecule has 31 heavy (non-hydrogen) atoms. The SMILES string of the molecule is CC1CCN(S(=O)(=O)c2cccc(C(=O)Nc3ccc(N4CCCCC4)cc3)c2)CC1. The van der Waals surface area contributed by atoms with Crippen LogP contribution in [0, 0.1) is 5.92 Å². The van der Waals surface area contributed by atoms with Crippen LogP contribution in [0.1, 0.15) is 49.4 Å². The largest absolute Gasteiger partial charge is 0.372 e. The van der Waals surface area contributed by atoms with Crippen molar-refractivity contribution in [1.29, 1.82) is 0 Å². The number of sulfonamides is 1. The van der Waals surface area contributed by atoms with Crippen LogP contribution in [0.4, 0.5) is 11.4 Å². The first-order valence-corrected chi connectivity index (χ1v) is 12.6. The Labute approximate surface area is 185 Å². The van der Waals surface area contributed by atoms with Gasteiger partial charge in [-0.15, -0.1) is 0 Å². The van der Waals surface area contributed by atoms with Crippen LogP contribution in [0.3, 0.4) is 0 Å². The molecule has 2 saturated heterocycles. The van der Waals surface area contributed by atoms with Crippen LogP contribution in [0.2, 0.25) is 0 Å². The van der Waals surface area contributed by atoms with Crippen LogP contribution >= 0.6 is 0 Å². The second-order valence-electron chi connectivity index (χ2n) is 8.66. The van der Waals surface area contributed by atoms with Crippen molar-refractivity contribution in [3.63, 3.8) is 0 Å². The molecular formula is C24H31N3O3S. The zero-order valence-electron chi connectivity index (χ0n) is 18.1. The molecule has 6 nitrogen and oxygen atoms in total. The number of rotatable bonds is 5. The molecule has 0 saturated carbocycles. The number of anilines is 2. The Morgan fingerprint density at radius 2 is 1.61 bits per heavy atom. The van der Waals surface area contributed by atoms with Crippen LogP contribution in [0.25, 0.3) is 0 Å². The first-order valence-electron chi connectivity index (χ1n) is 11.2. The summed E-state index contributed by atoms with van der Waals surface area (Å²) in [6.07, 6.45) is 5.46. The molecule has 0 unspecified atom stereocenters. The summed E-state index contributed by atoms with van der Waals surface area (Å²) in [6.45, 7) is 5.35. The number of carbonyl (C=O) groups is 1. The molecule has 0 bridgehead atoms. The third kappa shape index (κ3) is 5.10. The van der Waals surface area contributed by atoms with E-state index >= 15 is 0 Å². The molecule has 1 amide bonds. The van der Waals surface area contributed by atoms with Crippen molar-refractivity contribution in [3.05, 3.63) is 54.1 Å². The van der Waals surface area contributed by atoms with E-state index in [1.54, 1.807) is 18.2 Å². The predicted octanol–water partition coefficient (Wildman–Crippen LogP) is 4.35. The van der Waals surface area contributed by atoms with Crippen molar-refractivity contribution in [3.8, 4) is 0 Å². The molecule has 2 aliphatic heterocycles. The van der Waals surface area contributed by atoms with Crippen molar-refractivity contribution >= 4 is 27.3 Å². The van der Waals surface area contributed by atoms with Gasteiger partial charge in [0.25, 0.3) is 5.91 Å². The van der Waals surface area contributed by atoms with E-state index in [0.29, 0.717) is 30.3 Å². The average molecular weight is 442 g/mol. The summed E-state index contributed by atoms with van der Waals surface area (Å²) < 4.78 is 27.5. The first-order chi connectivity index (χ1) is 14.9. The molecule has 166 valence electrons. The lowest BCUT2D eigenvalue weighted by atomic mass is 10.0. The number of amides is 1. The van der Waals surface area contributed by atoms with E-state index in [0.717, 1.165) is 25.9 Å². The highest BCUT2D eigenvalue weighted by atomic mass is 32.2. The fourth-order valence-corrected chi connectivity index (χ4v) is 5.80. The van der Waals surface area contributed by atoms with Gasteiger partial charge in [-0.2, -0.15) is 4.31 Å². The maximum atomic E-state index is 13.0. The number of hydrogen-bond donors (Lipinski definition) is 1. The maximum Gasteiger partial charge on any atom is 0.255 e. The van der Waals surface area contributed by atoms with E-state index in [1.165, 1.54) is 35.3 Å². The smallest absolute Gasteiger partial charge is 0.255 e. The Balaban J connectivity index is 1.44. The molecular weight excluding hydrogens is 410 g/mol. The van der Waals surface area contributed by atoms with E-state index in [4.69, 9.17) is 0 Å². The second kappa shape index (κ2) is 9.40. The number of piperidine rings is 2. The van der Waals surface area contributed by atoms with E-state index in [1.807, 2.05) is 24.3 Å². The van der Waals surface area contributed by atoms with Gasteiger partial charge in [0.2, 0.25) is 10.0 Å². The Morgan fingerprint density at radius 1 is 0.935 bits per heavy atom. The maximum absolute atomic E-state index is 13.0. The van der Waals surface area contributed by atoms with E-state index < -0.39 is 10.0 Å². The summed E-state index contributed by atoms with van der Waals surface area (Å²) in [5.74, 6) is 0.236. The molecule has 0 aliphatic carbocycles. The highest BCUT2D eigenvalue weighted by Crippen LogP contribution is 2.25. The van der Waals surface area contributed by atoms with E-state index in [2.05, 4.69) is 17.1 Å². The third-order valence-electron chi connectivity index (χ3n) is 6.32. The number of nitrogens with zero attached hydrogens (tertiary/aromatic N) is 2. The van der Waals surface area contributed by atoms with Crippen LogP contribution < -0.4 is 10.2 Å². The van der Waals surface area contributed by atoms with Crippen molar-refractivity contribution in [2.45, 2.75) is 43.9 Å². The van der Waals surface area contributed by atoms with Crippen LogP contribution in [-0.4, -0.2) is 44.8 Å². The Hall–Kier alpha value is -2.38. The summed E-state index contributed by atoms with van der Waals surface area (Å²) >= 11 is 0. The van der Waals surface area contributed by atoms with Crippen LogP contribution in [0.5, 0.6) is 0 Å². The van der Waals surface area contributed by atoms with Gasteiger partial charge < -0.3 is 10.2 Å². The summed E-state index contributed by atoms with van der Waals surface area (Å²) in [5, 5.41) is 2.89. The zero-order chi connectivity index (χ0) is 21.8. The Morgan fingerprint density at radius 3 is 2.29 bits per heavy atom. The molecule has 0 aromatic heterocycles. The lowest BCUT2D eigenvalue weighted by molar-refractivity contribution is 0.102. The molecule has 7 heteroatoms. The minimum atomic E-state index is -3.58. The quantitative estimate of drug-likeness (QED) is 0.749. The molecule has 2 heterocycles. The highest BCUT2D eigenvalue weighted by molar-refractivity contribution is 7.89. The minimum absolute atomic E-state index is 0.176. The lowest BCUT2D eigenvalue weighted by Gasteiger charge is -2.29. The van der Waals surface area contributed by atoms with Crippen LogP contribution in [0.15, 0.2) is 53.4 Å². The summed E-state index contributed by atoms with van der Waals surface area (Å²) in [5.41, 5.74) is 2.21. The topological polar surface area (TPSA) is 69.7 Å². The Bertz CT molecular complexity index is 1010. The lowest BCUT2D eigenvalue weighted by Crippen LogP contribution is -2.37. The van der Waals surface area contributed by atoms with Crippen molar-refractivity contribution in [2.75, 3.05) is 36.4 Å². The van der Waals surface area contributed by atoms with Crippen molar-refractivity contribution < 1.29 is 13.2 Å². The fourth-order valence-electron chi connectivity index (χ4n) is 4.28. The molecule has 1 N–H and O–H groups in total. The normalized spacial score (nSPS) is 18.7. The summed E-state index contributed by atoms with van der Waals surface area (Å²) in [6, 6.07) is 14.2. The number of hydrogen-bond acceptors (Lipinski definition) is 4. The zero-order valence-corrected chi connectivity index (χ0v) is 18.9. The van der Waals surface area contributed by atoms with E-state index in [-0.39, 0.29) is 10.8 Å². The second-order valence-corrected chi connectivity index (χ2v) is 10.6. The Kier molecular flexibility index (Phi) is 6.62. The monoisotopic (exact) mass is 441 g/mol. The number of benzene rings is 2. The average Bonchev–Trinajstić information content (AvgIpc) is 2.80. The molecule has 2 aliphatic rings. The van der Waals surface area contributed by atoms with Gasteiger partial charge in [-0.1, -0.05) is 13.0 Å². The summed E-state index contributed by atoms with van der Waals surface area (Å²) in [4.78, 5) is 15.3. The van der Waals surface area contributed by atoms with Gasteiger partial charge in [-0.25, -0.2) is 8.42 Å². The van der Waals surface area contributed by atoms with Crippen LogP contribution in [-0.2, 0) is 10.0 Å². The van der Waals surface area contributed by atoms with Gasteiger partial charge in [-0.05, 0) is 80.5 Å². The van der Waals surface area contributed by atoms with Crippen molar-refractivity contribution in [1.82, 2.24) is 4.31 Å². The highest BCUT2D eigenvalue weighted by Gasteiger charge is 2.28. The number of carbonyl (C=O) groups excluding carboxylic acids is 1. The van der Waals surface area contributed by atoms with E-state index in [9.17, 15) is 13.2 Å². The van der Waals surface area contributed by atoms with Gasteiger partial charge >= 0.3 is 0 Å². The standard InChI is InChI=1S/C24H31N3O3S/c1-19-12-16-27(17-13-19)31(29,30)23-7-5-6-20(18-23)24(28)25-21-8-10-22(11-9-21)26-14-3-2-4-15-26/h5-11,18-19H,2-4,12-17H2,1H3,(H,25,28). The predicted molar refractivity (Wildman–Crippen MR) is 124 cm³/mol. The van der Waals surface area contributed by atoms with Gasteiger partial charge in [0.15, 0.2) is 0 Å². The molecule has 2 aromatic carbocycles. The fraction of sp³-hybridized carbons (Fsp3) is 0.458. The van der Waals surface area contributed by atoms with Gasteiger partial charge in [0, 0.05) is 43.1 Å². The molecule has 2 fully saturated rings.